The second-order valence-electron chi connectivity index (χ2n) is 11.1. The first-order chi connectivity index (χ1) is 19.9. The van der Waals surface area contributed by atoms with Gasteiger partial charge in [-0.25, -0.2) is 8.42 Å². The molecule has 0 atom stereocenters. The Morgan fingerprint density at radius 1 is 0.884 bits per heavy atom. The molecule has 16 heteroatoms. The minimum atomic E-state index is -6.09. The molecule has 0 saturated heterocycles. The molecule has 0 unspecified atom stereocenters. The Hall–Kier alpha value is -0.201. The van der Waals surface area contributed by atoms with E-state index in [9.17, 15) is 34.8 Å². The second kappa shape index (κ2) is 18.2. The van der Waals surface area contributed by atoms with Gasteiger partial charge in [-0.2, -0.15) is 13.2 Å². The predicted octanol–water partition coefficient (Wildman–Crippen LogP) is 9.78. The van der Waals surface area contributed by atoms with Crippen LogP contribution in [0.3, 0.4) is 0 Å². The molecule has 0 heterocycles. The van der Waals surface area contributed by atoms with Gasteiger partial charge in [0.05, 0.1) is 0 Å². The average molecular weight is 888 g/mol. The van der Waals surface area contributed by atoms with Crippen LogP contribution in [0, 0.1) is 15.1 Å². The van der Waals surface area contributed by atoms with E-state index in [-0.39, 0.29) is 9.61 Å². The molecule has 0 aromatic heterocycles. The molecule has 0 aliphatic heterocycles. The Morgan fingerprint density at radius 2 is 1.33 bits per heavy atom. The van der Waals surface area contributed by atoms with Gasteiger partial charge in [0.15, 0.2) is 10.1 Å². The number of hydrogen-bond donors (Lipinski definition) is 0. The summed E-state index contributed by atoms with van der Waals surface area (Å²) in [5, 5.41) is 0. The zero-order valence-electron chi connectivity index (χ0n) is 26.3. The molecule has 0 N–H and O–H groups in total. The van der Waals surface area contributed by atoms with Crippen LogP contribution in [-0.4, -0.2) is 50.8 Å². The standard InChI is InChI=1S/C14H16F3IO3S.3C4H9.CHF3O3S.Sn/c1-5-12(13(2,3)4)18(11-9-7-6-8-10-11)21-22(19,20)14(15,16)17;3*1-3-4-2;2-1(3,4)8(5,6)7;/h6-10H,1H2,2-4H3;3*1,3-4H2,2H3;(H,5,6,7);/q+1;;;;;/p-1/i9D;;;;;. The van der Waals surface area contributed by atoms with Crippen molar-refractivity contribution in [1.82, 2.24) is 0 Å². The van der Waals surface area contributed by atoms with Crippen LogP contribution < -0.4 is 0 Å². The first kappa shape index (κ1) is 40.8. The third kappa shape index (κ3) is 15.3. The van der Waals surface area contributed by atoms with Gasteiger partial charge in [-0.05, 0) is 0 Å². The number of rotatable bonds is 15. The van der Waals surface area contributed by atoms with Gasteiger partial charge in [0.1, 0.15) is 0 Å². The quantitative estimate of drug-likeness (QED) is 0.0435. The summed E-state index contributed by atoms with van der Waals surface area (Å²) in [6.45, 7) is 12.2. The van der Waals surface area contributed by atoms with Crippen LogP contribution in [0.15, 0.2) is 33.9 Å². The molecule has 0 bridgehead atoms. The van der Waals surface area contributed by atoms with Crippen LogP contribution >= 0.6 is 20.2 Å². The maximum atomic E-state index is 13.4. The van der Waals surface area contributed by atoms with Crippen molar-refractivity contribution in [3.63, 3.8) is 0 Å². The summed E-state index contributed by atoms with van der Waals surface area (Å²) >= 11 is -6.42. The zero-order valence-corrected chi connectivity index (χ0v) is 31.9. The third-order valence-electron chi connectivity index (χ3n) is 6.20. The molecule has 43 heavy (non-hydrogen) atoms. The molecule has 0 amide bonds. The molecule has 1 rings (SSSR count). The van der Waals surface area contributed by atoms with Gasteiger partial charge in [0, 0.05) is 0 Å². The first-order valence-electron chi connectivity index (χ1n) is 14.3. The summed E-state index contributed by atoms with van der Waals surface area (Å²) in [6, 6.07) is 6.24. The van der Waals surface area contributed by atoms with Gasteiger partial charge >= 0.3 is 232 Å². The van der Waals surface area contributed by atoms with Crippen molar-refractivity contribution in [2.75, 3.05) is 0 Å². The number of alkyl halides is 6. The Kier molecular flexibility index (Phi) is 17.3. The average Bonchev–Trinajstić information content (AvgIpc) is 2.86. The molecule has 0 radical (unpaired) electrons. The molecule has 0 spiro atoms. The van der Waals surface area contributed by atoms with Crippen molar-refractivity contribution in [3.05, 3.63) is 43.5 Å². The fourth-order valence-electron chi connectivity index (χ4n) is 3.91. The van der Waals surface area contributed by atoms with Crippen molar-refractivity contribution in [2.45, 2.75) is 109 Å². The number of unbranched alkanes of at least 4 members (excludes halogenated alkanes) is 3. The molecule has 6 nitrogen and oxygen atoms in total. The first-order valence-corrected chi connectivity index (χ1v) is 27.7. The summed E-state index contributed by atoms with van der Waals surface area (Å²) in [5.41, 5.74) is -11.8. The molecule has 1 aromatic carbocycles. The van der Waals surface area contributed by atoms with Crippen LogP contribution in [0.2, 0.25) is 17.7 Å². The van der Waals surface area contributed by atoms with Crippen molar-refractivity contribution in [1.29, 1.82) is 0 Å². The number of allylic oxidation sites excluding steroid dienone is 2. The Labute approximate surface area is 266 Å². The fraction of sp³-hybridized carbons (Fsp3) is 0.704. The van der Waals surface area contributed by atoms with E-state index in [2.05, 4.69) is 26.8 Å². The van der Waals surface area contributed by atoms with Crippen LogP contribution in [0.1, 0.15) is 81.4 Å². The zero-order chi connectivity index (χ0) is 34.6. The van der Waals surface area contributed by atoms with Gasteiger partial charge in [0.25, 0.3) is 0 Å². The van der Waals surface area contributed by atoms with Crippen LogP contribution in [0.4, 0.5) is 26.3 Å². The number of halogens is 7. The molecule has 0 saturated carbocycles. The van der Waals surface area contributed by atoms with Crippen molar-refractivity contribution < 1.29 is 51.6 Å². The number of hydrogen-bond acceptors (Lipinski definition) is 6. The van der Waals surface area contributed by atoms with Crippen molar-refractivity contribution >= 4 is 58.8 Å². The van der Waals surface area contributed by atoms with Gasteiger partial charge in [0.2, 0.25) is 0 Å². The topological polar surface area (TPSA) is 101 Å². The van der Waals surface area contributed by atoms with Crippen LogP contribution in [0.5, 0.6) is 0 Å². The normalized spacial score (nSPS) is 14.4. The molecule has 0 aliphatic carbocycles. The molecular formula is C27H43F6IO6S2Sn. The van der Waals surface area contributed by atoms with Crippen molar-refractivity contribution in [2.24, 2.45) is 5.41 Å². The van der Waals surface area contributed by atoms with E-state index in [4.69, 9.17) is 16.9 Å². The minimum absolute atomic E-state index is 0.00125. The Balaban J connectivity index is 0.00000202. The van der Waals surface area contributed by atoms with Gasteiger partial charge in [-0.1, -0.05) is 0 Å². The summed E-state index contributed by atoms with van der Waals surface area (Å²) in [7, 11) is -11.9. The van der Waals surface area contributed by atoms with Gasteiger partial charge < -0.3 is 4.55 Å². The third-order valence-corrected chi connectivity index (χ3v) is 29.6. The Bertz CT molecular complexity index is 1240. The summed E-state index contributed by atoms with van der Waals surface area (Å²) in [6.07, 6.45) is 10.3. The van der Waals surface area contributed by atoms with Gasteiger partial charge in [-0.3, -0.25) is 0 Å². The van der Waals surface area contributed by atoms with E-state index >= 15 is 0 Å². The monoisotopic (exact) mass is 889 g/mol. The van der Waals surface area contributed by atoms with E-state index in [1.165, 1.54) is 25.4 Å². The van der Waals surface area contributed by atoms with Crippen molar-refractivity contribution in [3.8, 4) is 0 Å². The second-order valence-corrected chi connectivity index (χ2v) is 32.5. The molecule has 0 aliphatic rings. The number of benzene rings is 1. The maximum absolute atomic E-state index is 13.4. The summed E-state index contributed by atoms with van der Waals surface area (Å²) in [5.74, 6) is 0. The van der Waals surface area contributed by atoms with E-state index in [1.807, 2.05) is 20.8 Å². The van der Waals surface area contributed by atoms with Crippen LogP contribution in [-0.2, 0) is 22.7 Å². The summed E-state index contributed by atoms with van der Waals surface area (Å²) < 4.78 is 142. The fourth-order valence-corrected chi connectivity index (χ4v) is 26.7. The van der Waals surface area contributed by atoms with E-state index < -0.39 is 75.3 Å². The summed E-state index contributed by atoms with van der Waals surface area (Å²) in [4.78, 5) is 0. The SMILES string of the molecule is O=S(=O)([O-])C(F)(F)F.[2H]c1ccccc1I(OS(=O)(=O)C(F)(F)F)C(=[C+][CH2][Sn]([CH2]CCC)([CH2]CCC)[CH2]CCC)C(C)(C)C. The van der Waals surface area contributed by atoms with Gasteiger partial charge in [-0.15, -0.1) is 0 Å². The van der Waals surface area contributed by atoms with E-state index in [1.54, 1.807) is 12.1 Å². The predicted molar refractivity (Wildman–Crippen MR) is 167 cm³/mol. The molecule has 252 valence electrons. The molecule has 0 fully saturated rings. The van der Waals surface area contributed by atoms with E-state index in [0.717, 1.165) is 43.0 Å². The van der Waals surface area contributed by atoms with E-state index in [0.29, 0.717) is 3.58 Å². The molecule has 1 aromatic rings. The van der Waals surface area contributed by atoms with Crippen LogP contribution in [0.25, 0.3) is 0 Å². The Morgan fingerprint density at radius 3 is 1.65 bits per heavy atom. The molecular weight excluding hydrogens is 844 g/mol.